The average molecular weight is 424 g/mol. The van der Waals surface area contributed by atoms with Gasteiger partial charge in [0.2, 0.25) is 0 Å². The van der Waals surface area contributed by atoms with Crippen LogP contribution in [0.1, 0.15) is 24.4 Å². The van der Waals surface area contributed by atoms with Crippen molar-refractivity contribution in [1.82, 2.24) is 9.13 Å². The van der Waals surface area contributed by atoms with Crippen molar-refractivity contribution < 1.29 is 19.4 Å². The number of hydrogen-bond acceptors (Lipinski definition) is 1. The predicted octanol–water partition coefficient (Wildman–Crippen LogP) is 2.39. The van der Waals surface area contributed by atoms with Crippen molar-refractivity contribution in [1.29, 1.82) is 0 Å². The van der Waals surface area contributed by atoms with Crippen molar-refractivity contribution in [2.24, 2.45) is 12.8 Å². The Bertz CT molecular complexity index is 538. The van der Waals surface area contributed by atoms with Gasteiger partial charge in [-0.15, -0.1) is 0 Å². The number of rotatable bonds is 2. The molecule has 2 aromatic rings. The van der Waals surface area contributed by atoms with Crippen LogP contribution in [0.25, 0.3) is 0 Å². The summed E-state index contributed by atoms with van der Waals surface area (Å²) in [6.07, 6.45) is 7.01. The summed E-state index contributed by atoms with van der Waals surface area (Å²) in [5.41, 5.74) is 6.54. The van der Waals surface area contributed by atoms with Crippen LogP contribution in [0.3, 0.4) is 0 Å². The molecule has 100 valence electrons. The van der Waals surface area contributed by atoms with Crippen LogP contribution in [0.2, 0.25) is 0 Å². The Labute approximate surface area is 119 Å². The summed E-state index contributed by atoms with van der Waals surface area (Å²) in [5.74, 6) is 0. The van der Waals surface area contributed by atoms with Gasteiger partial charge in [0, 0.05) is 6.54 Å². The molecule has 1 aliphatic carbocycles. The molecule has 18 heavy (non-hydrogen) atoms. The first-order valence-electron chi connectivity index (χ1n) is 6.15. The fraction of sp³-hybridized carbons (Fsp3) is 0.357. The molecule has 0 atom stereocenters. The van der Waals surface area contributed by atoms with Gasteiger partial charge in [-0.25, -0.2) is 0 Å². The van der Waals surface area contributed by atoms with Crippen LogP contribution in [-0.2, 0) is 32.9 Å². The van der Waals surface area contributed by atoms with Crippen LogP contribution >= 0.6 is 0 Å². The van der Waals surface area contributed by atoms with Crippen molar-refractivity contribution in [3.63, 3.8) is 0 Å². The molecule has 2 N–H and O–H groups in total. The zero-order chi connectivity index (χ0) is 13.0. The summed E-state index contributed by atoms with van der Waals surface area (Å²) < 4.78 is 5.84. The Morgan fingerprint density at radius 2 is 1.89 bits per heavy atom. The van der Waals surface area contributed by atoms with E-state index in [-0.39, 0.29) is 0 Å². The Kier molecular flexibility index (Phi) is 4.73. The molecule has 1 saturated carbocycles. The maximum Gasteiger partial charge on any atom is 0.0178 e. The van der Waals surface area contributed by atoms with E-state index in [9.17, 15) is 0 Å². The SMILES string of the molecule is Cn1ccn(C2CC2)[c]1=[Pt].NCc1ccccc1. The monoisotopic (exact) mass is 424 g/mol. The molecule has 1 aromatic heterocycles. The van der Waals surface area contributed by atoms with Crippen LogP contribution in [0, 0.1) is 3.80 Å². The second kappa shape index (κ2) is 6.31. The van der Waals surface area contributed by atoms with Gasteiger partial charge in [-0.1, -0.05) is 30.3 Å². The van der Waals surface area contributed by atoms with Gasteiger partial charge < -0.3 is 5.73 Å². The van der Waals surface area contributed by atoms with Crippen LogP contribution in [0.15, 0.2) is 42.7 Å². The first kappa shape index (κ1) is 13.5. The molecule has 0 unspecified atom stereocenters. The zero-order valence-electron chi connectivity index (χ0n) is 10.5. The molecule has 1 aromatic carbocycles. The Balaban J connectivity index is 0.000000138. The number of hydrogen-bond donors (Lipinski definition) is 1. The maximum absolute atomic E-state index is 5.35. The van der Waals surface area contributed by atoms with Gasteiger partial charge in [-0.2, -0.15) is 0 Å². The molecule has 3 nitrogen and oxygen atoms in total. The molecule has 4 heteroatoms. The number of nitrogens with zero attached hydrogens (tertiary/aromatic N) is 2. The molecule has 0 aliphatic heterocycles. The second-order valence-electron chi connectivity index (χ2n) is 4.48. The Hall–Kier alpha value is -0.922. The fourth-order valence-electron chi connectivity index (χ4n) is 1.70. The third kappa shape index (κ3) is 3.53. The van der Waals surface area contributed by atoms with Gasteiger partial charge in [0.15, 0.2) is 0 Å². The van der Waals surface area contributed by atoms with Crippen LogP contribution in [0.5, 0.6) is 0 Å². The molecule has 1 heterocycles. The van der Waals surface area contributed by atoms with Crippen molar-refractivity contribution in [2.75, 3.05) is 0 Å². The van der Waals surface area contributed by atoms with Gasteiger partial charge in [0.05, 0.1) is 0 Å². The normalized spacial score (nSPS) is 14.0. The predicted molar refractivity (Wildman–Crippen MR) is 69.3 cm³/mol. The van der Waals surface area contributed by atoms with Crippen molar-refractivity contribution >= 4 is 0 Å². The summed E-state index contributed by atoms with van der Waals surface area (Å²) in [6, 6.07) is 10.8. The molecule has 0 amide bonds. The maximum atomic E-state index is 5.35. The largest absolute Gasteiger partial charge is 0.326 e. The van der Waals surface area contributed by atoms with Gasteiger partial charge in [-0.3, -0.25) is 0 Å². The molecular weight excluding hydrogens is 405 g/mol. The van der Waals surface area contributed by atoms with E-state index in [4.69, 9.17) is 5.73 Å². The molecule has 1 aliphatic rings. The van der Waals surface area contributed by atoms with Crippen LogP contribution < -0.4 is 5.73 Å². The van der Waals surface area contributed by atoms with Crippen molar-refractivity contribution in [2.45, 2.75) is 25.4 Å². The van der Waals surface area contributed by atoms with E-state index in [0.717, 1.165) is 6.04 Å². The molecular formula is C14H19N3Pt. The molecule has 0 radical (unpaired) electrons. The number of benzene rings is 1. The van der Waals surface area contributed by atoms with Gasteiger partial charge in [0.1, 0.15) is 0 Å². The second-order valence-corrected chi connectivity index (χ2v) is 5.49. The quantitative estimate of drug-likeness (QED) is 0.790. The van der Waals surface area contributed by atoms with Gasteiger partial charge in [0.25, 0.3) is 0 Å². The minimum Gasteiger partial charge on any atom is -0.326 e. The molecule has 0 saturated heterocycles. The minimum atomic E-state index is 0.640. The van der Waals surface area contributed by atoms with E-state index < -0.39 is 0 Å². The van der Waals surface area contributed by atoms with Gasteiger partial charge in [-0.05, 0) is 5.56 Å². The van der Waals surface area contributed by atoms with Gasteiger partial charge >= 0.3 is 70.6 Å². The Morgan fingerprint density at radius 1 is 1.22 bits per heavy atom. The number of aromatic nitrogens is 2. The third-order valence-corrected chi connectivity index (χ3v) is 4.32. The topological polar surface area (TPSA) is 35.9 Å². The van der Waals surface area contributed by atoms with E-state index in [0.29, 0.717) is 6.54 Å². The summed E-state index contributed by atoms with van der Waals surface area (Å²) in [7, 11) is 2.08. The Morgan fingerprint density at radius 3 is 2.28 bits per heavy atom. The summed E-state index contributed by atoms with van der Waals surface area (Å²) in [5, 5.41) is 0. The molecule has 3 rings (SSSR count). The zero-order valence-corrected chi connectivity index (χ0v) is 12.8. The summed E-state index contributed by atoms with van der Waals surface area (Å²) in [4.78, 5) is 0. The van der Waals surface area contributed by atoms with E-state index in [1.54, 1.807) is 0 Å². The molecule has 0 spiro atoms. The van der Waals surface area contributed by atoms with E-state index in [2.05, 4.69) is 47.9 Å². The summed E-state index contributed by atoms with van der Waals surface area (Å²) >= 11 is 2.37. The minimum absolute atomic E-state index is 0.640. The van der Waals surface area contributed by atoms with Crippen LogP contribution in [-0.4, -0.2) is 9.13 Å². The van der Waals surface area contributed by atoms with E-state index >= 15 is 0 Å². The molecule has 1 fully saturated rings. The smallest absolute Gasteiger partial charge is 0.0178 e. The number of aryl methyl sites for hydroxylation is 1. The van der Waals surface area contributed by atoms with Crippen LogP contribution in [0.4, 0.5) is 0 Å². The van der Waals surface area contributed by atoms with E-state index in [1.807, 2.05) is 30.3 Å². The summed E-state index contributed by atoms with van der Waals surface area (Å²) in [6.45, 7) is 0.640. The van der Waals surface area contributed by atoms with Crippen molar-refractivity contribution in [3.05, 3.63) is 52.1 Å². The third-order valence-electron chi connectivity index (χ3n) is 2.94. The van der Waals surface area contributed by atoms with E-state index in [1.165, 1.54) is 22.2 Å². The fourth-order valence-corrected chi connectivity index (χ4v) is 2.45. The number of imidazole rings is 1. The molecule has 0 bridgehead atoms. The van der Waals surface area contributed by atoms with Crippen molar-refractivity contribution in [3.8, 4) is 0 Å². The first-order valence-corrected chi connectivity index (χ1v) is 7.29. The first-order chi connectivity index (χ1) is 8.72. The number of nitrogens with two attached hydrogens (primary N) is 1. The standard InChI is InChI=1S/C7H10N2.C7H9N.Pt/c1-8-4-5-9(6-8)7-2-3-7;8-6-7-4-2-1-3-5-7;/h4-5,7H,2-3H2,1H3;1-5H,6,8H2;. The average Bonchev–Trinajstić information content (AvgIpc) is 3.20.